The van der Waals surface area contributed by atoms with E-state index < -0.39 is 0 Å². The molecule has 4 heteroatoms. The number of nitrogens with zero attached hydrogens (tertiary/aromatic N) is 2. The van der Waals surface area contributed by atoms with Crippen molar-refractivity contribution in [3.63, 3.8) is 0 Å². The second-order valence-corrected chi connectivity index (χ2v) is 4.95. The summed E-state index contributed by atoms with van der Waals surface area (Å²) in [5.74, 6) is 1.80. The highest BCUT2D eigenvalue weighted by atomic mass is 16.5. The van der Waals surface area contributed by atoms with E-state index in [2.05, 4.69) is 24.0 Å². The molecule has 1 aromatic heterocycles. The highest BCUT2D eigenvalue weighted by Crippen LogP contribution is 2.30. The molecule has 0 spiro atoms. The van der Waals surface area contributed by atoms with Gasteiger partial charge < -0.3 is 10.3 Å². The maximum Gasteiger partial charge on any atom is 0.228 e. The summed E-state index contributed by atoms with van der Waals surface area (Å²) in [6.07, 6.45) is 5.33. The normalized spacial score (nSPS) is 20.0. The maximum absolute atomic E-state index is 6.25. The Morgan fingerprint density at radius 1 is 1.40 bits per heavy atom. The van der Waals surface area contributed by atoms with E-state index in [0.29, 0.717) is 11.8 Å². The van der Waals surface area contributed by atoms with Crippen molar-refractivity contribution in [3.05, 3.63) is 11.7 Å². The van der Waals surface area contributed by atoms with Gasteiger partial charge in [-0.15, -0.1) is 0 Å². The molecule has 2 N–H and O–H groups in total. The molecule has 0 aliphatic heterocycles. The Balaban J connectivity index is 2.04. The van der Waals surface area contributed by atoms with Gasteiger partial charge in [-0.1, -0.05) is 31.8 Å². The van der Waals surface area contributed by atoms with Crippen LogP contribution in [0.1, 0.15) is 57.2 Å². The molecular weight excluding hydrogens is 190 g/mol. The molecule has 0 atom stereocenters. The summed E-state index contributed by atoms with van der Waals surface area (Å²) >= 11 is 0. The van der Waals surface area contributed by atoms with Crippen LogP contribution >= 0.6 is 0 Å². The zero-order valence-corrected chi connectivity index (χ0v) is 9.49. The third-order valence-electron chi connectivity index (χ3n) is 3.10. The van der Waals surface area contributed by atoms with E-state index in [0.717, 1.165) is 25.1 Å². The zero-order chi connectivity index (χ0) is 10.9. The van der Waals surface area contributed by atoms with E-state index in [1.54, 1.807) is 0 Å². The van der Waals surface area contributed by atoms with Crippen molar-refractivity contribution in [1.82, 2.24) is 10.1 Å². The third-order valence-corrected chi connectivity index (χ3v) is 3.10. The van der Waals surface area contributed by atoms with Crippen LogP contribution in [0.15, 0.2) is 4.52 Å². The van der Waals surface area contributed by atoms with Gasteiger partial charge in [-0.25, -0.2) is 0 Å². The Kier molecular flexibility index (Phi) is 2.78. The topological polar surface area (TPSA) is 64.9 Å². The van der Waals surface area contributed by atoms with Gasteiger partial charge in [0.25, 0.3) is 0 Å². The molecule has 1 heterocycles. The fourth-order valence-corrected chi connectivity index (χ4v) is 2.13. The van der Waals surface area contributed by atoms with Crippen molar-refractivity contribution in [3.8, 4) is 0 Å². The fourth-order valence-electron chi connectivity index (χ4n) is 2.13. The summed E-state index contributed by atoms with van der Waals surface area (Å²) in [6.45, 7) is 4.12. The summed E-state index contributed by atoms with van der Waals surface area (Å²) < 4.78 is 5.21. The Labute approximate surface area is 90.2 Å². The van der Waals surface area contributed by atoms with Gasteiger partial charge in [0.1, 0.15) is 0 Å². The van der Waals surface area contributed by atoms with Crippen molar-refractivity contribution in [2.24, 2.45) is 5.73 Å². The van der Waals surface area contributed by atoms with Gasteiger partial charge >= 0.3 is 0 Å². The highest BCUT2D eigenvalue weighted by Gasteiger charge is 2.31. The van der Waals surface area contributed by atoms with Crippen LogP contribution in [0.25, 0.3) is 0 Å². The van der Waals surface area contributed by atoms with E-state index in [9.17, 15) is 0 Å². The lowest BCUT2D eigenvalue weighted by molar-refractivity contribution is 0.326. The molecule has 15 heavy (non-hydrogen) atoms. The van der Waals surface area contributed by atoms with Crippen LogP contribution in [-0.4, -0.2) is 15.7 Å². The van der Waals surface area contributed by atoms with Gasteiger partial charge in [-0.05, 0) is 12.8 Å². The van der Waals surface area contributed by atoms with E-state index in [1.807, 2.05) is 0 Å². The van der Waals surface area contributed by atoms with E-state index in [4.69, 9.17) is 10.3 Å². The minimum Gasteiger partial charge on any atom is -0.339 e. The van der Waals surface area contributed by atoms with Gasteiger partial charge in [0.2, 0.25) is 5.89 Å². The molecule has 0 aromatic carbocycles. The number of hydrogen-bond acceptors (Lipinski definition) is 4. The van der Waals surface area contributed by atoms with Crippen molar-refractivity contribution in [2.75, 3.05) is 0 Å². The largest absolute Gasteiger partial charge is 0.339 e. The molecule has 0 bridgehead atoms. The van der Waals surface area contributed by atoms with Crippen LogP contribution in [-0.2, 0) is 6.42 Å². The number of nitrogens with two attached hydrogens (primary N) is 1. The third kappa shape index (κ3) is 2.37. The first-order valence-electron chi connectivity index (χ1n) is 5.70. The van der Waals surface area contributed by atoms with Crippen LogP contribution in [0.4, 0.5) is 0 Å². The maximum atomic E-state index is 6.25. The molecule has 0 radical (unpaired) electrons. The van der Waals surface area contributed by atoms with Crippen molar-refractivity contribution in [2.45, 2.75) is 57.4 Å². The first kappa shape index (κ1) is 10.6. The minimum atomic E-state index is -0.0964. The molecule has 4 nitrogen and oxygen atoms in total. The molecular formula is C11H19N3O. The molecule has 0 amide bonds. The second kappa shape index (κ2) is 3.93. The smallest absolute Gasteiger partial charge is 0.228 e. The Hall–Kier alpha value is -0.900. The first-order valence-corrected chi connectivity index (χ1v) is 5.70. The van der Waals surface area contributed by atoms with Gasteiger partial charge in [0, 0.05) is 17.9 Å². The fraction of sp³-hybridized carbons (Fsp3) is 0.818. The quantitative estimate of drug-likeness (QED) is 0.827. The van der Waals surface area contributed by atoms with Crippen LogP contribution in [0.2, 0.25) is 0 Å². The molecule has 84 valence electrons. The van der Waals surface area contributed by atoms with Gasteiger partial charge in [0.05, 0.1) is 0 Å². The molecule has 1 aliphatic rings. The first-order chi connectivity index (χ1) is 7.09. The lowest BCUT2D eigenvalue weighted by Gasteiger charge is -2.20. The van der Waals surface area contributed by atoms with E-state index in [1.165, 1.54) is 12.8 Å². The predicted octanol–water partition coefficient (Wildman–Crippen LogP) is 2.01. The molecule has 0 unspecified atom stereocenters. The molecule has 1 fully saturated rings. The van der Waals surface area contributed by atoms with Crippen LogP contribution in [0, 0.1) is 0 Å². The minimum absolute atomic E-state index is 0.0964. The van der Waals surface area contributed by atoms with E-state index >= 15 is 0 Å². The predicted molar refractivity (Wildman–Crippen MR) is 57.5 cm³/mol. The summed E-state index contributed by atoms with van der Waals surface area (Å²) in [4.78, 5) is 4.36. The zero-order valence-electron chi connectivity index (χ0n) is 9.49. The standard InChI is InChI=1S/C11H19N3O/c1-8(2)10-13-9(15-14-10)7-11(12)5-3-4-6-11/h8H,3-7,12H2,1-2H3. The molecule has 2 rings (SSSR count). The number of aromatic nitrogens is 2. The average Bonchev–Trinajstić information content (AvgIpc) is 2.75. The summed E-state index contributed by atoms with van der Waals surface area (Å²) in [7, 11) is 0. The lowest BCUT2D eigenvalue weighted by atomic mass is 9.95. The average molecular weight is 209 g/mol. The van der Waals surface area contributed by atoms with Crippen molar-refractivity contribution in [1.29, 1.82) is 0 Å². The lowest BCUT2D eigenvalue weighted by Crippen LogP contribution is -2.38. The van der Waals surface area contributed by atoms with Gasteiger partial charge in [0.15, 0.2) is 5.82 Å². The highest BCUT2D eigenvalue weighted by molar-refractivity contribution is 5.00. The number of rotatable bonds is 3. The van der Waals surface area contributed by atoms with Crippen LogP contribution < -0.4 is 5.73 Å². The Morgan fingerprint density at radius 2 is 2.07 bits per heavy atom. The molecule has 1 saturated carbocycles. The molecule has 1 aliphatic carbocycles. The van der Waals surface area contributed by atoms with E-state index in [-0.39, 0.29) is 5.54 Å². The van der Waals surface area contributed by atoms with Crippen LogP contribution in [0.5, 0.6) is 0 Å². The summed E-state index contributed by atoms with van der Waals surface area (Å²) in [5.41, 5.74) is 6.15. The Bertz CT molecular complexity index is 326. The molecule has 1 aromatic rings. The second-order valence-electron chi connectivity index (χ2n) is 4.95. The van der Waals surface area contributed by atoms with Gasteiger partial charge in [-0.3, -0.25) is 0 Å². The summed E-state index contributed by atoms with van der Waals surface area (Å²) in [5, 5.41) is 3.95. The van der Waals surface area contributed by atoms with Gasteiger partial charge in [-0.2, -0.15) is 4.98 Å². The van der Waals surface area contributed by atoms with Crippen molar-refractivity contribution < 1.29 is 4.52 Å². The Morgan fingerprint density at radius 3 is 2.60 bits per heavy atom. The summed E-state index contributed by atoms with van der Waals surface area (Å²) in [6, 6.07) is 0. The van der Waals surface area contributed by atoms with Crippen LogP contribution in [0.3, 0.4) is 0 Å². The SMILES string of the molecule is CC(C)c1noc(CC2(N)CCCC2)n1. The molecule has 0 saturated heterocycles. The number of hydrogen-bond donors (Lipinski definition) is 1. The van der Waals surface area contributed by atoms with Crippen molar-refractivity contribution >= 4 is 0 Å². The monoisotopic (exact) mass is 209 g/mol.